The summed E-state index contributed by atoms with van der Waals surface area (Å²) in [6.07, 6.45) is 9.40. The van der Waals surface area contributed by atoms with Crippen molar-refractivity contribution in [3.8, 4) is 0 Å². The van der Waals surface area contributed by atoms with Crippen LogP contribution in [0.25, 0.3) is 0 Å². The molecule has 1 heterocycles. The fourth-order valence-electron chi connectivity index (χ4n) is 2.62. The molecule has 0 aliphatic heterocycles. The molecule has 0 spiro atoms. The third-order valence-corrected chi connectivity index (χ3v) is 6.20. The van der Waals surface area contributed by atoms with Gasteiger partial charge >= 0.3 is 0 Å². The zero-order valence-corrected chi connectivity index (χ0v) is 13.1. The predicted molar refractivity (Wildman–Crippen MR) is 79.8 cm³/mol. The Morgan fingerprint density at radius 3 is 2.53 bits per heavy atom. The maximum atomic E-state index is 6.29. The van der Waals surface area contributed by atoms with E-state index in [1.165, 1.54) is 43.4 Å². The third-order valence-electron chi connectivity index (χ3n) is 3.59. The topological polar surface area (TPSA) is 26.0 Å². The van der Waals surface area contributed by atoms with Gasteiger partial charge in [0.05, 0.1) is 0 Å². The van der Waals surface area contributed by atoms with Gasteiger partial charge in [-0.25, -0.2) is 0 Å². The second kappa shape index (κ2) is 6.55. The van der Waals surface area contributed by atoms with Crippen LogP contribution in [0.15, 0.2) is 10.5 Å². The fraction of sp³-hybridized carbons (Fsp3) is 0.692. The Morgan fingerprint density at radius 2 is 2.00 bits per heavy atom. The number of nitrogens with two attached hydrogens (primary N) is 1. The monoisotopic (exact) mass is 335 g/mol. The first-order valence-electron chi connectivity index (χ1n) is 6.37. The molecule has 1 unspecified atom stereocenters. The van der Waals surface area contributed by atoms with E-state index in [-0.39, 0.29) is 6.04 Å². The minimum absolute atomic E-state index is 0.159. The lowest BCUT2D eigenvalue weighted by molar-refractivity contribution is 0.395. The van der Waals surface area contributed by atoms with Crippen LogP contribution in [0.4, 0.5) is 0 Å². The van der Waals surface area contributed by atoms with E-state index < -0.39 is 0 Å². The Morgan fingerprint density at radius 1 is 1.35 bits per heavy atom. The van der Waals surface area contributed by atoms with E-state index in [9.17, 15) is 0 Å². The molecule has 1 aliphatic carbocycles. The zero-order chi connectivity index (χ0) is 12.3. The lowest BCUT2D eigenvalue weighted by Crippen LogP contribution is -2.14. The Labute approximate surface area is 121 Å². The van der Waals surface area contributed by atoms with Crippen LogP contribution < -0.4 is 5.73 Å². The summed E-state index contributed by atoms with van der Waals surface area (Å²) in [4.78, 5) is 1.21. The van der Waals surface area contributed by atoms with Gasteiger partial charge in [-0.05, 0) is 34.3 Å². The first kappa shape index (κ1) is 13.9. The van der Waals surface area contributed by atoms with Crippen molar-refractivity contribution in [2.45, 2.75) is 51.0 Å². The van der Waals surface area contributed by atoms with Crippen molar-refractivity contribution in [3.63, 3.8) is 0 Å². The summed E-state index contributed by atoms with van der Waals surface area (Å²) in [7, 11) is 0. The van der Waals surface area contributed by atoms with E-state index in [1.807, 2.05) is 0 Å². The minimum atomic E-state index is 0.159. The van der Waals surface area contributed by atoms with E-state index in [4.69, 9.17) is 17.3 Å². The summed E-state index contributed by atoms with van der Waals surface area (Å²) in [5, 5.41) is 0. The van der Waals surface area contributed by atoms with Crippen LogP contribution in [0.5, 0.6) is 0 Å². The Bertz CT molecular complexity index is 339. The first-order valence-corrected chi connectivity index (χ1v) is 8.36. The average molecular weight is 337 g/mol. The van der Waals surface area contributed by atoms with Gasteiger partial charge in [0.1, 0.15) is 4.34 Å². The van der Waals surface area contributed by atoms with E-state index in [0.29, 0.717) is 0 Å². The molecular weight excluding hydrogens is 318 g/mol. The summed E-state index contributed by atoms with van der Waals surface area (Å²) in [5.41, 5.74) is 6.29. The van der Waals surface area contributed by atoms with Gasteiger partial charge in [0.25, 0.3) is 0 Å². The van der Waals surface area contributed by atoms with Crippen LogP contribution in [-0.2, 0) is 0 Å². The van der Waals surface area contributed by atoms with Gasteiger partial charge < -0.3 is 5.73 Å². The van der Waals surface area contributed by atoms with Crippen LogP contribution in [0, 0.1) is 5.92 Å². The molecule has 17 heavy (non-hydrogen) atoms. The van der Waals surface area contributed by atoms with Crippen LogP contribution in [0.3, 0.4) is 0 Å². The second-order valence-corrected chi connectivity index (χ2v) is 7.51. The summed E-state index contributed by atoms with van der Waals surface area (Å²) in [6.45, 7) is 0. The normalized spacial score (nSPS) is 20.2. The zero-order valence-electron chi connectivity index (χ0n) is 9.92. The molecule has 1 fully saturated rings. The average Bonchev–Trinajstić information content (AvgIpc) is 2.54. The molecule has 1 aromatic heterocycles. The number of hydrogen-bond acceptors (Lipinski definition) is 2. The first-order chi connectivity index (χ1) is 8.16. The van der Waals surface area contributed by atoms with Crippen molar-refractivity contribution in [1.29, 1.82) is 0 Å². The summed E-state index contributed by atoms with van der Waals surface area (Å²) in [6, 6.07) is 2.24. The van der Waals surface area contributed by atoms with E-state index in [0.717, 1.165) is 21.1 Å². The van der Waals surface area contributed by atoms with Crippen molar-refractivity contribution in [3.05, 3.63) is 19.8 Å². The molecule has 1 saturated carbocycles. The molecule has 1 aliphatic rings. The molecular formula is C13H19BrClNS. The molecule has 0 saturated heterocycles. The van der Waals surface area contributed by atoms with Gasteiger partial charge in [0.2, 0.25) is 0 Å². The Hall–Kier alpha value is 0.430. The maximum Gasteiger partial charge on any atom is 0.107 e. The highest BCUT2D eigenvalue weighted by atomic mass is 79.9. The van der Waals surface area contributed by atoms with Gasteiger partial charge in [0, 0.05) is 15.4 Å². The molecule has 4 heteroatoms. The lowest BCUT2D eigenvalue weighted by Gasteiger charge is -2.18. The fourth-order valence-corrected chi connectivity index (χ4v) is 4.37. The van der Waals surface area contributed by atoms with Crippen molar-refractivity contribution in [1.82, 2.24) is 0 Å². The minimum Gasteiger partial charge on any atom is -0.323 e. The molecule has 0 radical (unpaired) electrons. The van der Waals surface area contributed by atoms with Crippen LogP contribution in [0.2, 0.25) is 4.34 Å². The molecule has 96 valence electrons. The maximum absolute atomic E-state index is 6.29. The molecule has 0 bridgehead atoms. The molecule has 1 nitrogen and oxygen atoms in total. The van der Waals surface area contributed by atoms with E-state index in [1.54, 1.807) is 11.3 Å². The standard InChI is InChI=1S/C13H19BrClNS/c14-10-8-12(17-13(10)15)11(16)7-9-5-3-1-2-4-6-9/h8-9,11H,1-7,16H2. The highest BCUT2D eigenvalue weighted by molar-refractivity contribution is 9.10. The van der Waals surface area contributed by atoms with Gasteiger partial charge in [-0.3, -0.25) is 0 Å². The molecule has 1 aromatic rings. The van der Waals surface area contributed by atoms with Crippen molar-refractivity contribution < 1.29 is 0 Å². The molecule has 2 N–H and O–H groups in total. The van der Waals surface area contributed by atoms with Crippen molar-refractivity contribution in [2.24, 2.45) is 11.7 Å². The van der Waals surface area contributed by atoms with Crippen LogP contribution >= 0.6 is 38.9 Å². The van der Waals surface area contributed by atoms with E-state index in [2.05, 4.69) is 22.0 Å². The highest BCUT2D eigenvalue weighted by Gasteiger charge is 2.18. The lowest BCUT2D eigenvalue weighted by atomic mass is 9.92. The van der Waals surface area contributed by atoms with Gasteiger partial charge in [-0.15, -0.1) is 11.3 Å². The number of halogens is 2. The smallest absolute Gasteiger partial charge is 0.107 e. The summed E-state index contributed by atoms with van der Waals surface area (Å²) < 4.78 is 1.80. The highest BCUT2D eigenvalue weighted by Crippen LogP contribution is 2.37. The van der Waals surface area contributed by atoms with Gasteiger partial charge in [-0.1, -0.05) is 50.1 Å². The molecule has 1 atom stereocenters. The number of thiophene rings is 1. The molecule has 2 rings (SSSR count). The SMILES string of the molecule is NC(CC1CCCCCC1)c1cc(Br)c(Cl)s1. The van der Waals surface area contributed by atoms with E-state index >= 15 is 0 Å². The third kappa shape index (κ3) is 3.95. The van der Waals surface area contributed by atoms with Gasteiger partial charge in [-0.2, -0.15) is 0 Å². The second-order valence-electron chi connectivity index (χ2n) is 4.97. The van der Waals surface area contributed by atoms with Gasteiger partial charge in [0.15, 0.2) is 0 Å². The van der Waals surface area contributed by atoms with Crippen LogP contribution in [-0.4, -0.2) is 0 Å². The summed E-state index contributed by atoms with van der Waals surface area (Å²) in [5.74, 6) is 0.812. The van der Waals surface area contributed by atoms with Crippen molar-refractivity contribution in [2.75, 3.05) is 0 Å². The quantitative estimate of drug-likeness (QED) is 0.722. The molecule has 0 amide bonds. The number of hydrogen-bond donors (Lipinski definition) is 1. The largest absolute Gasteiger partial charge is 0.323 e. The Kier molecular flexibility index (Phi) is 5.34. The number of rotatable bonds is 3. The summed E-state index contributed by atoms with van der Waals surface area (Å²) >= 11 is 11.1. The van der Waals surface area contributed by atoms with Crippen molar-refractivity contribution >= 4 is 38.9 Å². The Balaban J connectivity index is 1.93. The van der Waals surface area contributed by atoms with Crippen LogP contribution in [0.1, 0.15) is 55.9 Å². The molecule has 0 aromatic carbocycles. The predicted octanol–water partition coefficient (Wildman–Crippen LogP) is 5.52.